The second-order valence-corrected chi connectivity index (χ2v) is 7.21. The molecule has 1 saturated heterocycles. The summed E-state index contributed by atoms with van der Waals surface area (Å²) in [6, 6.07) is 11.7. The first-order valence-electron chi connectivity index (χ1n) is 9.83. The predicted octanol–water partition coefficient (Wildman–Crippen LogP) is 3.36. The summed E-state index contributed by atoms with van der Waals surface area (Å²) in [4.78, 5) is 16.1. The Kier molecular flexibility index (Phi) is 6.21. The van der Waals surface area contributed by atoms with Crippen LogP contribution in [0.2, 0.25) is 0 Å². The number of nitrogens with one attached hydrogen (secondary N) is 2. The van der Waals surface area contributed by atoms with Gasteiger partial charge in [0.1, 0.15) is 11.5 Å². The largest absolute Gasteiger partial charge is 0.457 e. The maximum atomic E-state index is 12.7. The molecule has 2 N–H and O–H groups in total. The number of carbonyl (C=O) groups excluding carboxylic acids is 1. The Bertz CT molecular complexity index is 1030. The Morgan fingerprint density at radius 3 is 2.47 bits per heavy atom. The molecule has 1 fully saturated rings. The van der Waals surface area contributed by atoms with Gasteiger partial charge in [-0.3, -0.25) is 10.2 Å². The third-order valence-corrected chi connectivity index (χ3v) is 4.95. The van der Waals surface area contributed by atoms with Crippen LogP contribution in [0.25, 0.3) is 0 Å². The van der Waals surface area contributed by atoms with E-state index in [1.165, 1.54) is 12.1 Å². The molecule has 1 aromatic heterocycles. The molecule has 0 atom stereocenters. The number of rotatable bonds is 5. The summed E-state index contributed by atoms with van der Waals surface area (Å²) >= 11 is 0. The van der Waals surface area contributed by atoms with Gasteiger partial charge in [0.25, 0.3) is 0 Å². The number of carbonyl (C=O) groups is 1. The van der Waals surface area contributed by atoms with E-state index in [1.54, 1.807) is 11.0 Å². The Morgan fingerprint density at radius 1 is 1.06 bits per heavy atom. The molecule has 12 heteroatoms. The summed E-state index contributed by atoms with van der Waals surface area (Å²) < 4.78 is 43.8. The van der Waals surface area contributed by atoms with Gasteiger partial charge >= 0.3 is 12.2 Å². The van der Waals surface area contributed by atoms with E-state index >= 15 is 0 Å². The summed E-state index contributed by atoms with van der Waals surface area (Å²) in [6.07, 6.45) is -4.38. The Balaban J connectivity index is 1.29. The number of amides is 2. The molecule has 0 bridgehead atoms. The van der Waals surface area contributed by atoms with E-state index in [2.05, 4.69) is 30.8 Å². The van der Waals surface area contributed by atoms with E-state index in [4.69, 9.17) is 4.74 Å². The summed E-state index contributed by atoms with van der Waals surface area (Å²) in [5, 5.41) is 15.5. The van der Waals surface area contributed by atoms with Crippen molar-refractivity contribution in [3.05, 3.63) is 59.7 Å². The number of hydrogen-bond acceptors (Lipinski definition) is 6. The van der Waals surface area contributed by atoms with Crippen molar-refractivity contribution in [3.8, 4) is 11.5 Å². The van der Waals surface area contributed by atoms with Gasteiger partial charge in [-0.15, -0.1) is 0 Å². The number of piperazine rings is 1. The van der Waals surface area contributed by atoms with E-state index in [1.807, 2.05) is 18.2 Å². The summed E-state index contributed by atoms with van der Waals surface area (Å²) in [5.74, 6) is 1.07. The van der Waals surface area contributed by atoms with Gasteiger partial charge in [-0.25, -0.2) is 9.89 Å². The van der Waals surface area contributed by atoms with Crippen LogP contribution in [0.3, 0.4) is 0 Å². The number of aromatic amines is 1. The summed E-state index contributed by atoms with van der Waals surface area (Å²) in [5.41, 5.74) is 0.281. The number of halogens is 3. The van der Waals surface area contributed by atoms with E-state index in [0.29, 0.717) is 44.2 Å². The highest BCUT2D eigenvalue weighted by atomic mass is 19.4. The average Bonchev–Trinajstić information content (AvgIpc) is 3.27. The van der Waals surface area contributed by atoms with Crippen molar-refractivity contribution in [2.75, 3.05) is 31.5 Å². The average molecular weight is 447 g/mol. The highest BCUT2D eigenvalue weighted by Gasteiger charge is 2.30. The second-order valence-electron chi connectivity index (χ2n) is 7.21. The fourth-order valence-electron chi connectivity index (χ4n) is 3.32. The number of ether oxygens (including phenoxy) is 1. The maximum absolute atomic E-state index is 12.7. The van der Waals surface area contributed by atoms with E-state index in [-0.39, 0.29) is 12.0 Å². The topological polar surface area (TPSA) is 99.3 Å². The summed E-state index contributed by atoms with van der Waals surface area (Å²) in [7, 11) is 0. The Labute approximate surface area is 181 Å². The molecule has 32 heavy (non-hydrogen) atoms. The number of tetrazole rings is 1. The normalized spacial score (nSPS) is 14.9. The van der Waals surface area contributed by atoms with Gasteiger partial charge in [0.05, 0.1) is 5.56 Å². The van der Waals surface area contributed by atoms with Crippen LogP contribution in [0.4, 0.5) is 23.9 Å². The Morgan fingerprint density at radius 2 is 1.81 bits per heavy atom. The van der Waals surface area contributed by atoms with Gasteiger partial charge in [-0.2, -0.15) is 13.2 Å². The molecule has 3 aromatic rings. The molecule has 0 radical (unpaired) electrons. The van der Waals surface area contributed by atoms with Crippen LogP contribution in [0.15, 0.2) is 48.5 Å². The quantitative estimate of drug-likeness (QED) is 0.622. The second kappa shape index (κ2) is 9.22. The van der Waals surface area contributed by atoms with Crippen molar-refractivity contribution in [3.63, 3.8) is 0 Å². The van der Waals surface area contributed by atoms with Crippen LogP contribution in [0.5, 0.6) is 11.5 Å². The van der Waals surface area contributed by atoms with Gasteiger partial charge in [-0.1, -0.05) is 17.2 Å². The number of alkyl halides is 3. The fourth-order valence-corrected chi connectivity index (χ4v) is 3.32. The van der Waals surface area contributed by atoms with E-state index < -0.39 is 11.7 Å². The molecule has 168 valence electrons. The predicted molar refractivity (Wildman–Crippen MR) is 108 cm³/mol. The molecule has 0 saturated carbocycles. The summed E-state index contributed by atoms with van der Waals surface area (Å²) in [6.45, 7) is 3.13. The van der Waals surface area contributed by atoms with Crippen molar-refractivity contribution >= 4 is 12.0 Å². The highest BCUT2D eigenvalue weighted by molar-refractivity contribution is 5.87. The van der Waals surface area contributed by atoms with Crippen LogP contribution in [0.1, 0.15) is 11.1 Å². The van der Waals surface area contributed by atoms with Crippen molar-refractivity contribution in [2.45, 2.75) is 12.7 Å². The van der Waals surface area contributed by atoms with E-state index in [9.17, 15) is 18.0 Å². The molecular formula is C20H20F3N7O2. The van der Waals surface area contributed by atoms with Gasteiger partial charge in [0.15, 0.2) is 0 Å². The molecule has 0 spiro atoms. The molecular weight excluding hydrogens is 427 g/mol. The highest BCUT2D eigenvalue weighted by Crippen LogP contribution is 2.31. The van der Waals surface area contributed by atoms with Crippen molar-refractivity contribution in [1.29, 1.82) is 0 Å². The lowest BCUT2D eigenvalue weighted by molar-refractivity contribution is -0.137. The zero-order chi connectivity index (χ0) is 22.6. The molecule has 2 amide bonds. The monoisotopic (exact) mass is 447 g/mol. The van der Waals surface area contributed by atoms with Gasteiger partial charge in [0.2, 0.25) is 5.95 Å². The first kappa shape index (κ1) is 21.6. The van der Waals surface area contributed by atoms with Gasteiger partial charge in [0, 0.05) is 32.7 Å². The molecule has 2 heterocycles. The number of H-pyrrole nitrogens is 1. The molecule has 0 aliphatic carbocycles. The van der Waals surface area contributed by atoms with Crippen molar-refractivity contribution < 1.29 is 22.7 Å². The molecule has 2 aromatic carbocycles. The first-order valence-corrected chi connectivity index (χ1v) is 9.83. The standard InChI is InChI=1S/C20H20F3N7O2/c21-20(22,23)15-4-6-16(7-5-15)32-17-3-1-2-14(12-17)13-29-8-10-30(11-9-29)19(31)24-18-25-27-28-26-18/h1-7,12H,8-11,13H2,(H2,24,25,26,27,28,31). The lowest BCUT2D eigenvalue weighted by Gasteiger charge is -2.34. The minimum Gasteiger partial charge on any atom is -0.457 e. The Hall–Kier alpha value is -3.67. The first-order chi connectivity index (χ1) is 15.4. The zero-order valence-corrected chi connectivity index (χ0v) is 16.8. The number of benzene rings is 2. The van der Waals surface area contributed by atoms with Crippen molar-refractivity contribution in [2.24, 2.45) is 0 Å². The lowest BCUT2D eigenvalue weighted by Crippen LogP contribution is -2.49. The minimum absolute atomic E-state index is 0.197. The van der Waals surface area contributed by atoms with Crippen LogP contribution < -0.4 is 10.1 Å². The number of nitrogens with zero attached hydrogens (tertiary/aromatic N) is 5. The van der Waals surface area contributed by atoms with E-state index in [0.717, 1.165) is 17.7 Å². The fraction of sp³-hybridized carbons (Fsp3) is 0.300. The molecule has 4 rings (SSSR count). The van der Waals surface area contributed by atoms with Crippen LogP contribution in [0, 0.1) is 0 Å². The van der Waals surface area contributed by atoms with Crippen LogP contribution >= 0.6 is 0 Å². The molecule has 1 aliphatic rings. The lowest BCUT2D eigenvalue weighted by atomic mass is 10.2. The smallest absolute Gasteiger partial charge is 0.416 e. The molecule has 1 aliphatic heterocycles. The third kappa shape index (κ3) is 5.52. The molecule has 0 unspecified atom stereocenters. The van der Waals surface area contributed by atoms with Crippen LogP contribution in [-0.4, -0.2) is 62.6 Å². The van der Waals surface area contributed by atoms with Crippen LogP contribution in [-0.2, 0) is 12.7 Å². The van der Waals surface area contributed by atoms with Gasteiger partial charge < -0.3 is 9.64 Å². The third-order valence-electron chi connectivity index (χ3n) is 4.95. The van der Waals surface area contributed by atoms with Gasteiger partial charge in [-0.05, 0) is 52.4 Å². The zero-order valence-electron chi connectivity index (χ0n) is 16.8. The van der Waals surface area contributed by atoms with Crippen molar-refractivity contribution in [1.82, 2.24) is 30.4 Å². The maximum Gasteiger partial charge on any atom is 0.416 e. The number of urea groups is 1. The number of hydrogen-bond donors (Lipinski definition) is 2. The molecule has 9 nitrogen and oxygen atoms in total. The number of aromatic nitrogens is 4. The SMILES string of the molecule is O=C(Nc1nnn[nH]1)N1CCN(Cc2cccc(Oc3ccc(C(F)(F)F)cc3)c2)CC1. The minimum atomic E-state index is -4.38. The number of anilines is 1.